The van der Waals surface area contributed by atoms with E-state index in [0.717, 1.165) is 11.6 Å². The van der Waals surface area contributed by atoms with Crippen LogP contribution in [0.4, 0.5) is 5.69 Å². The van der Waals surface area contributed by atoms with Crippen molar-refractivity contribution in [3.63, 3.8) is 0 Å². The zero-order chi connectivity index (χ0) is 26.3. The summed E-state index contributed by atoms with van der Waals surface area (Å²) in [7, 11) is 1.63. The first-order valence-electron chi connectivity index (χ1n) is 11.6. The number of nitrogens with zero attached hydrogens (tertiary/aromatic N) is 1. The van der Waals surface area contributed by atoms with Crippen molar-refractivity contribution in [3.8, 4) is 0 Å². The van der Waals surface area contributed by atoms with Crippen molar-refractivity contribution >= 4 is 30.8 Å². The maximum Gasteiger partial charge on any atom is 0.293 e. The first-order valence-corrected chi connectivity index (χ1v) is 15.1. The van der Waals surface area contributed by atoms with Crippen LogP contribution in [-0.4, -0.2) is 57.3 Å². The Bertz CT molecular complexity index is 1210. The molecule has 0 aliphatic carbocycles. The third-order valence-electron chi connectivity index (χ3n) is 5.70. The number of hydrogen-bond acceptors (Lipinski definition) is 6. The number of ether oxygens (including phenoxy) is 2. The molecule has 192 valence electrons. The van der Waals surface area contributed by atoms with Gasteiger partial charge in [-0.3, -0.25) is 14.4 Å². The molecule has 0 radical (unpaired) electrons. The van der Waals surface area contributed by atoms with Gasteiger partial charge in [0.05, 0.1) is 34.0 Å². The predicted molar refractivity (Wildman–Crippen MR) is 140 cm³/mol. The lowest BCUT2D eigenvalue weighted by atomic mass is 10.0. The molecule has 0 spiro atoms. The molecule has 0 aliphatic heterocycles. The minimum absolute atomic E-state index is 0.178. The molecule has 0 bridgehead atoms. The molecule has 9 nitrogen and oxygen atoms in total. The summed E-state index contributed by atoms with van der Waals surface area (Å²) >= 11 is 0. The van der Waals surface area contributed by atoms with Crippen LogP contribution in [-0.2, 0) is 20.9 Å². The molecule has 10 heteroatoms. The van der Waals surface area contributed by atoms with E-state index in [2.05, 4.69) is 30.1 Å². The molecule has 36 heavy (non-hydrogen) atoms. The Kier molecular flexibility index (Phi) is 9.02. The molecule has 3 aromatic rings. The van der Waals surface area contributed by atoms with Crippen molar-refractivity contribution in [2.45, 2.75) is 32.3 Å². The monoisotopic (exact) mass is 511 g/mol. The van der Waals surface area contributed by atoms with E-state index in [1.165, 1.54) is 17.1 Å². The highest BCUT2D eigenvalue weighted by atomic mass is 28.3. The van der Waals surface area contributed by atoms with E-state index in [9.17, 15) is 14.4 Å². The minimum atomic E-state index is -1.48. The summed E-state index contributed by atoms with van der Waals surface area (Å²) in [5.74, 6) is -1.17. The van der Waals surface area contributed by atoms with Crippen LogP contribution in [0.25, 0.3) is 0 Å². The van der Waals surface area contributed by atoms with Gasteiger partial charge in [-0.2, -0.15) is 5.16 Å². The number of aromatic nitrogens is 1. The van der Waals surface area contributed by atoms with Crippen molar-refractivity contribution < 1.29 is 23.6 Å². The number of hydrogen-bond donors (Lipinski definition) is 2. The quantitative estimate of drug-likeness (QED) is 0.302. The van der Waals surface area contributed by atoms with E-state index in [4.69, 9.17) is 14.0 Å². The number of rotatable bonds is 11. The zero-order valence-electron chi connectivity index (χ0n) is 21.3. The van der Waals surface area contributed by atoms with Crippen molar-refractivity contribution in [1.82, 2.24) is 10.1 Å². The second-order valence-corrected chi connectivity index (χ2v) is 14.6. The summed E-state index contributed by atoms with van der Waals surface area (Å²) in [5, 5.41) is 6.30. The molecule has 0 saturated heterocycles. The summed E-state index contributed by atoms with van der Waals surface area (Å²) in [6.45, 7) is 8.13. The lowest BCUT2D eigenvalue weighted by Gasteiger charge is -2.27. The molecule has 1 atom stereocenters. The summed E-state index contributed by atoms with van der Waals surface area (Å²) in [6, 6.07) is 15.1. The van der Waals surface area contributed by atoms with E-state index < -0.39 is 31.5 Å². The molecule has 1 unspecified atom stereocenters. The largest absolute Gasteiger partial charge is 0.382 e. The van der Waals surface area contributed by atoms with E-state index in [0.29, 0.717) is 31.1 Å². The van der Waals surface area contributed by atoms with Crippen LogP contribution >= 0.6 is 0 Å². The minimum Gasteiger partial charge on any atom is -0.382 e. The number of aromatic amines is 1. The van der Waals surface area contributed by atoms with Gasteiger partial charge < -0.3 is 24.2 Å². The predicted octanol–water partition coefficient (Wildman–Crippen LogP) is 3.13. The van der Waals surface area contributed by atoms with Crippen LogP contribution in [0.15, 0.2) is 63.9 Å². The maximum absolute atomic E-state index is 13.5. The summed E-state index contributed by atoms with van der Waals surface area (Å²) in [4.78, 5) is 39.2. The lowest BCUT2D eigenvalue weighted by Crippen LogP contribution is -2.39. The lowest BCUT2D eigenvalue weighted by molar-refractivity contribution is -0.120. The normalized spacial score (nSPS) is 12.2. The fraction of sp³-hybridized carbons (Fsp3) is 0.346. The number of amides is 2. The van der Waals surface area contributed by atoms with E-state index >= 15 is 0 Å². The molecular weight excluding hydrogens is 478 g/mol. The van der Waals surface area contributed by atoms with Gasteiger partial charge in [-0.25, -0.2) is 0 Å². The number of H-pyrrole nitrogens is 1. The molecule has 2 aromatic carbocycles. The second kappa shape index (κ2) is 12.0. The molecule has 2 N–H and O–H groups in total. The fourth-order valence-corrected chi connectivity index (χ4v) is 4.79. The zero-order valence-corrected chi connectivity index (χ0v) is 22.3. The highest BCUT2D eigenvalue weighted by Crippen LogP contribution is 2.24. The number of methoxy groups -OCH3 is 1. The Morgan fingerprint density at radius 2 is 1.72 bits per heavy atom. The van der Waals surface area contributed by atoms with Crippen molar-refractivity contribution in [1.29, 1.82) is 0 Å². The van der Waals surface area contributed by atoms with Crippen LogP contribution in [0.1, 0.15) is 27.7 Å². The average molecular weight is 512 g/mol. The SMILES string of the molecule is COCCOCc1ccc(C(C(=O)Nc2ccc([Si](C)(C)C)cc2)N(C)C(=O)c2cc(=O)[nH]o2)cc1. The second-order valence-electron chi connectivity index (χ2n) is 9.50. The van der Waals surface area contributed by atoms with Crippen LogP contribution in [0.3, 0.4) is 0 Å². The molecule has 1 heterocycles. The number of carbonyl (C=O) groups is 2. The number of likely N-dealkylation sites (N-methyl/N-ethyl adjacent to an activating group) is 1. The van der Waals surface area contributed by atoms with Gasteiger partial charge in [0, 0.05) is 19.8 Å². The van der Waals surface area contributed by atoms with Gasteiger partial charge in [-0.15, -0.1) is 0 Å². The van der Waals surface area contributed by atoms with Crippen LogP contribution in [0.2, 0.25) is 19.6 Å². The van der Waals surface area contributed by atoms with Gasteiger partial charge in [0.2, 0.25) is 5.76 Å². The molecule has 0 fully saturated rings. The van der Waals surface area contributed by atoms with Gasteiger partial charge in [-0.05, 0) is 23.3 Å². The van der Waals surface area contributed by atoms with E-state index in [1.54, 1.807) is 19.2 Å². The van der Waals surface area contributed by atoms with Crippen LogP contribution < -0.4 is 16.1 Å². The fourth-order valence-electron chi connectivity index (χ4n) is 3.62. The third-order valence-corrected chi connectivity index (χ3v) is 7.77. The van der Waals surface area contributed by atoms with Crippen LogP contribution in [0, 0.1) is 0 Å². The highest BCUT2D eigenvalue weighted by molar-refractivity contribution is 6.88. The number of anilines is 1. The van der Waals surface area contributed by atoms with Crippen molar-refractivity contribution in [3.05, 3.63) is 81.8 Å². The topological polar surface area (TPSA) is 114 Å². The van der Waals surface area contributed by atoms with Gasteiger partial charge >= 0.3 is 0 Å². The third kappa shape index (κ3) is 7.03. The maximum atomic E-state index is 13.5. The van der Waals surface area contributed by atoms with E-state index in [1.807, 2.05) is 36.4 Å². The first-order chi connectivity index (χ1) is 17.1. The van der Waals surface area contributed by atoms with Gasteiger partial charge in [0.25, 0.3) is 17.4 Å². The Labute approximate surface area is 211 Å². The summed E-state index contributed by atoms with van der Waals surface area (Å²) in [5.41, 5.74) is 1.61. The van der Waals surface area contributed by atoms with E-state index in [-0.39, 0.29) is 5.76 Å². The van der Waals surface area contributed by atoms with Gasteiger partial charge in [0.1, 0.15) is 6.04 Å². The average Bonchev–Trinajstić information content (AvgIpc) is 3.28. The summed E-state index contributed by atoms with van der Waals surface area (Å²) < 4.78 is 15.5. The molecule has 0 saturated carbocycles. The Balaban J connectivity index is 1.84. The van der Waals surface area contributed by atoms with Gasteiger partial charge in [0.15, 0.2) is 0 Å². The highest BCUT2D eigenvalue weighted by Gasteiger charge is 2.31. The summed E-state index contributed by atoms with van der Waals surface area (Å²) in [6.07, 6.45) is 0. The number of nitrogens with one attached hydrogen (secondary N) is 2. The standard InChI is InChI=1S/C26H33N3O6Si/c1-29(26(32)22-16-23(30)28-35-22)24(19-8-6-18(7-9-19)17-34-15-14-33-2)25(31)27-20-10-12-21(13-11-20)36(3,4)5/h6-13,16,24H,14-15,17H2,1-5H3,(H,27,31)(H,28,30). The van der Waals surface area contributed by atoms with Crippen molar-refractivity contribution in [2.75, 3.05) is 32.7 Å². The van der Waals surface area contributed by atoms with Crippen LogP contribution in [0.5, 0.6) is 0 Å². The molecular formula is C26H33N3O6Si. The first kappa shape index (κ1) is 27.1. The smallest absolute Gasteiger partial charge is 0.293 e. The number of carbonyl (C=O) groups excluding carboxylic acids is 2. The Morgan fingerprint density at radius 3 is 2.28 bits per heavy atom. The molecule has 3 rings (SSSR count). The molecule has 1 aromatic heterocycles. The molecule has 0 aliphatic rings. The van der Waals surface area contributed by atoms with Crippen molar-refractivity contribution in [2.24, 2.45) is 0 Å². The Morgan fingerprint density at radius 1 is 1.06 bits per heavy atom. The Hall–Kier alpha value is -3.47. The number of benzene rings is 2. The molecule has 2 amide bonds. The van der Waals surface area contributed by atoms with Gasteiger partial charge in [-0.1, -0.05) is 61.2 Å².